The summed E-state index contributed by atoms with van der Waals surface area (Å²) >= 11 is 1.31. The van der Waals surface area contributed by atoms with Gasteiger partial charge in [0.15, 0.2) is 5.79 Å². The third kappa shape index (κ3) is 2.90. The SMILES string of the molecule is Cc1ccc(S(=O)(=O)C2=C[C@H]3OC(C)(C)O[C@H]3CS2)cc1. The Morgan fingerprint density at radius 2 is 1.86 bits per heavy atom. The summed E-state index contributed by atoms with van der Waals surface area (Å²) in [7, 11) is -3.47. The number of sulfone groups is 1. The summed E-state index contributed by atoms with van der Waals surface area (Å²) < 4.78 is 37.2. The third-order valence-electron chi connectivity index (χ3n) is 3.51. The Kier molecular flexibility index (Phi) is 3.68. The van der Waals surface area contributed by atoms with Gasteiger partial charge in [0.25, 0.3) is 0 Å². The molecule has 3 rings (SSSR count). The fourth-order valence-electron chi connectivity index (χ4n) is 2.48. The highest BCUT2D eigenvalue weighted by Crippen LogP contribution is 2.40. The van der Waals surface area contributed by atoms with Crippen molar-refractivity contribution in [3.63, 3.8) is 0 Å². The lowest BCUT2D eigenvalue weighted by atomic mass is 10.2. The van der Waals surface area contributed by atoms with Crippen molar-refractivity contribution in [3.8, 4) is 0 Å². The van der Waals surface area contributed by atoms with Gasteiger partial charge in [0, 0.05) is 5.75 Å². The zero-order valence-corrected chi connectivity index (χ0v) is 13.8. The van der Waals surface area contributed by atoms with Gasteiger partial charge in [0.05, 0.1) is 4.90 Å². The summed E-state index contributed by atoms with van der Waals surface area (Å²) in [5.41, 5.74) is 1.04. The predicted octanol–water partition coefficient (Wildman–Crippen LogP) is 2.88. The van der Waals surface area contributed by atoms with Crippen LogP contribution in [0.25, 0.3) is 0 Å². The number of benzene rings is 1. The fraction of sp³-hybridized carbons (Fsp3) is 0.467. The number of ether oxygens (including phenoxy) is 2. The van der Waals surface area contributed by atoms with E-state index in [4.69, 9.17) is 9.47 Å². The minimum Gasteiger partial charge on any atom is -0.343 e. The second-order valence-electron chi connectivity index (χ2n) is 5.75. The smallest absolute Gasteiger partial charge is 0.212 e. The highest BCUT2D eigenvalue weighted by Gasteiger charge is 2.43. The van der Waals surface area contributed by atoms with Crippen molar-refractivity contribution in [2.24, 2.45) is 0 Å². The molecule has 0 radical (unpaired) electrons. The Bertz CT molecular complexity index is 674. The highest BCUT2D eigenvalue weighted by molar-refractivity contribution is 8.18. The van der Waals surface area contributed by atoms with Crippen molar-refractivity contribution in [2.45, 2.75) is 43.7 Å². The van der Waals surface area contributed by atoms with Crippen LogP contribution in [-0.4, -0.2) is 32.2 Å². The predicted molar refractivity (Wildman–Crippen MR) is 82.7 cm³/mol. The molecule has 2 heterocycles. The molecular formula is C15H18O4S2. The van der Waals surface area contributed by atoms with Crippen molar-refractivity contribution >= 4 is 21.6 Å². The molecule has 0 aromatic heterocycles. The van der Waals surface area contributed by atoms with E-state index in [0.717, 1.165) is 5.56 Å². The molecule has 2 atom stereocenters. The molecule has 1 aromatic rings. The van der Waals surface area contributed by atoms with Gasteiger partial charge in [0.1, 0.15) is 16.4 Å². The van der Waals surface area contributed by atoms with Crippen LogP contribution >= 0.6 is 11.8 Å². The Morgan fingerprint density at radius 3 is 2.52 bits per heavy atom. The maximum Gasteiger partial charge on any atom is 0.212 e. The summed E-state index contributed by atoms with van der Waals surface area (Å²) in [5, 5.41) is 0. The maximum atomic E-state index is 12.7. The van der Waals surface area contributed by atoms with Crippen LogP contribution in [0.4, 0.5) is 0 Å². The van der Waals surface area contributed by atoms with Gasteiger partial charge >= 0.3 is 0 Å². The first-order valence-corrected chi connectivity index (χ1v) is 9.27. The van der Waals surface area contributed by atoms with E-state index in [-0.39, 0.29) is 12.2 Å². The van der Waals surface area contributed by atoms with Gasteiger partial charge < -0.3 is 9.47 Å². The Labute approximate surface area is 129 Å². The molecule has 0 aliphatic carbocycles. The molecule has 2 aliphatic rings. The van der Waals surface area contributed by atoms with Gasteiger partial charge in [-0.3, -0.25) is 0 Å². The first kappa shape index (κ1) is 15.1. The van der Waals surface area contributed by atoms with Crippen LogP contribution in [-0.2, 0) is 19.3 Å². The molecule has 0 bridgehead atoms. The number of hydrogen-bond donors (Lipinski definition) is 0. The van der Waals surface area contributed by atoms with Crippen molar-refractivity contribution in [1.29, 1.82) is 0 Å². The van der Waals surface area contributed by atoms with E-state index in [1.165, 1.54) is 11.8 Å². The molecule has 0 amide bonds. The summed E-state index contributed by atoms with van der Waals surface area (Å²) in [6, 6.07) is 6.91. The molecular weight excluding hydrogens is 308 g/mol. The van der Waals surface area contributed by atoms with Crippen LogP contribution in [0.3, 0.4) is 0 Å². The van der Waals surface area contributed by atoms with E-state index in [9.17, 15) is 8.42 Å². The lowest BCUT2D eigenvalue weighted by Crippen LogP contribution is -2.28. The Morgan fingerprint density at radius 1 is 1.19 bits per heavy atom. The van der Waals surface area contributed by atoms with Gasteiger partial charge in [-0.1, -0.05) is 17.7 Å². The lowest BCUT2D eigenvalue weighted by molar-refractivity contribution is -0.140. The molecule has 21 heavy (non-hydrogen) atoms. The van der Waals surface area contributed by atoms with Gasteiger partial charge in [0.2, 0.25) is 9.84 Å². The summed E-state index contributed by atoms with van der Waals surface area (Å²) in [5.74, 6) is -0.0690. The second kappa shape index (κ2) is 5.12. The van der Waals surface area contributed by atoms with Crippen molar-refractivity contribution < 1.29 is 17.9 Å². The minimum absolute atomic E-state index is 0.0815. The molecule has 4 nitrogen and oxygen atoms in total. The molecule has 6 heteroatoms. The number of fused-ring (bicyclic) bond motifs is 1. The lowest BCUT2D eigenvalue weighted by Gasteiger charge is -2.21. The maximum absolute atomic E-state index is 12.7. The highest BCUT2D eigenvalue weighted by atomic mass is 32.3. The molecule has 2 aliphatic heterocycles. The van der Waals surface area contributed by atoms with Gasteiger partial charge in [-0.25, -0.2) is 8.42 Å². The number of aryl methyl sites for hydroxylation is 1. The molecule has 0 unspecified atom stereocenters. The van der Waals surface area contributed by atoms with Gasteiger partial charge in [-0.2, -0.15) is 0 Å². The third-order valence-corrected chi connectivity index (χ3v) is 6.99. The van der Waals surface area contributed by atoms with Crippen molar-refractivity contribution in [3.05, 3.63) is 40.1 Å². The number of rotatable bonds is 2. The molecule has 1 aromatic carbocycles. The quantitative estimate of drug-likeness (QED) is 0.836. The van der Waals surface area contributed by atoms with Crippen LogP contribution in [0.2, 0.25) is 0 Å². The molecule has 0 saturated carbocycles. The van der Waals surface area contributed by atoms with E-state index in [2.05, 4.69) is 0 Å². The zero-order valence-electron chi connectivity index (χ0n) is 12.2. The van der Waals surface area contributed by atoms with E-state index >= 15 is 0 Å². The summed E-state index contributed by atoms with van der Waals surface area (Å²) in [6.07, 6.45) is 1.31. The average molecular weight is 326 g/mol. The fourth-order valence-corrected chi connectivity index (χ4v) is 5.45. The van der Waals surface area contributed by atoms with Crippen LogP contribution in [0.5, 0.6) is 0 Å². The van der Waals surface area contributed by atoms with Crippen LogP contribution in [0.15, 0.2) is 39.5 Å². The van der Waals surface area contributed by atoms with Gasteiger partial charge in [-0.15, -0.1) is 11.8 Å². The Balaban J connectivity index is 1.92. The molecule has 1 fully saturated rings. The molecule has 1 saturated heterocycles. The minimum atomic E-state index is -3.47. The van der Waals surface area contributed by atoms with E-state index in [0.29, 0.717) is 14.9 Å². The van der Waals surface area contributed by atoms with E-state index < -0.39 is 15.6 Å². The molecule has 0 N–H and O–H groups in total. The average Bonchev–Trinajstić information content (AvgIpc) is 2.71. The standard InChI is InChI=1S/C15H18O4S2/c1-10-4-6-11(7-5-10)21(16,17)14-8-12-13(9-20-14)19-15(2,3)18-12/h4-8,12-13H,9H2,1-3H3/t12-,13+/m1/s1. The van der Waals surface area contributed by atoms with E-state index in [1.807, 2.05) is 32.9 Å². The van der Waals surface area contributed by atoms with Gasteiger partial charge in [-0.05, 0) is 39.0 Å². The summed E-state index contributed by atoms with van der Waals surface area (Å²) in [4.78, 5) is 0.323. The molecule has 0 spiro atoms. The Hall–Kier alpha value is -0.820. The number of hydrogen-bond acceptors (Lipinski definition) is 5. The van der Waals surface area contributed by atoms with Crippen LogP contribution in [0, 0.1) is 6.92 Å². The topological polar surface area (TPSA) is 52.6 Å². The zero-order chi connectivity index (χ0) is 15.3. The molecule has 114 valence electrons. The first-order valence-electron chi connectivity index (χ1n) is 6.80. The first-order chi connectivity index (χ1) is 9.78. The number of thioether (sulfide) groups is 1. The summed E-state index contributed by atoms with van der Waals surface area (Å²) in [6.45, 7) is 5.62. The van der Waals surface area contributed by atoms with Crippen LogP contribution < -0.4 is 0 Å². The van der Waals surface area contributed by atoms with Crippen molar-refractivity contribution in [2.75, 3.05) is 5.75 Å². The normalized spacial score (nSPS) is 28.0. The monoisotopic (exact) mass is 326 g/mol. The van der Waals surface area contributed by atoms with Crippen molar-refractivity contribution in [1.82, 2.24) is 0 Å². The van der Waals surface area contributed by atoms with E-state index in [1.54, 1.807) is 18.2 Å². The largest absolute Gasteiger partial charge is 0.343 e. The second-order valence-corrected chi connectivity index (χ2v) is 8.99. The van der Waals surface area contributed by atoms with Crippen LogP contribution in [0.1, 0.15) is 19.4 Å².